The number of nitrogens with zero attached hydrogens (tertiary/aromatic N) is 2. The largest absolute Gasteiger partial charge is 0.342 e. The molecule has 4 rings (SSSR count). The summed E-state index contributed by atoms with van der Waals surface area (Å²) in [6, 6.07) is 12.4. The molecule has 1 unspecified atom stereocenters. The number of halogens is 3. The fourth-order valence-corrected chi connectivity index (χ4v) is 3.73. The monoisotopic (exact) mass is 438 g/mol. The van der Waals surface area contributed by atoms with Crippen LogP contribution in [-0.4, -0.2) is 40.4 Å². The minimum Gasteiger partial charge on any atom is -0.342 e. The summed E-state index contributed by atoms with van der Waals surface area (Å²) < 4.78 is 13.6. The van der Waals surface area contributed by atoms with Crippen molar-refractivity contribution in [2.75, 3.05) is 19.6 Å². The number of carbonyl (C=O) groups excluding carboxylic acids is 1. The van der Waals surface area contributed by atoms with Crippen LogP contribution < -0.4 is 5.32 Å². The Kier molecular flexibility index (Phi) is 8.02. The minimum absolute atomic E-state index is 0. The third kappa shape index (κ3) is 5.07. The molecule has 29 heavy (non-hydrogen) atoms. The number of imidazole rings is 1. The topological polar surface area (TPSA) is 61.0 Å². The SMILES string of the molecule is Cc1cccc2[nH]c(CCC(=O)N3CCNCC3c3cccc(F)c3)nc12.Cl.Cl. The number of piperazine rings is 1. The molecule has 1 aliphatic rings. The molecule has 0 saturated carbocycles. The first-order chi connectivity index (χ1) is 13.1. The zero-order chi connectivity index (χ0) is 18.8. The van der Waals surface area contributed by atoms with Crippen molar-refractivity contribution in [2.45, 2.75) is 25.8 Å². The number of fused-ring (bicyclic) bond motifs is 1. The summed E-state index contributed by atoms with van der Waals surface area (Å²) in [5.41, 5.74) is 3.90. The fraction of sp³-hybridized carbons (Fsp3) is 0.333. The van der Waals surface area contributed by atoms with E-state index in [1.807, 2.05) is 36.1 Å². The molecule has 1 atom stereocenters. The Morgan fingerprint density at radius 3 is 2.79 bits per heavy atom. The molecular weight excluding hydrogens is 414 g/mol. The lowest BCUT2D eigenvalue weighted by molar-refractivity contribution is -0.134. The first-order valence-corrected chi connectivity index (χ1v) is 9.31. The molecule has 1 aromatic heterocycles. The number of carbonyl (C=O) groups is 1. The molecule has 2 aromatic carbocycles. The molecule has 1 amide bonds. The maximum Gasteiger partial charge on any atom is 0.223 e. The van der Waals surface area contributed by atoms with E-state index in [1.165, 1.54) is 12.1 Å². The highest BCUT2D eigenvalue weighted by Crippen LogP contribution is 2.24. The zero-order valence-corrected chi connectivity index (χ0v) is 17.8. The highest BCUT2D eigenvalue weighted by Gasteiger charge is 2.27. The highest BCUT2D eigenvalue weighted by atomic mass is 35.5. The van der Waals surface area contributed by atoms with Gasteiger partial charge in [0.2, 0.25) is 5.91 Å². The van der Waals surface area contributed by atoms with Gasteiger partial charge in [0.1, 0.15) is 11.6 Å². The Labute approximate surface area is 181 Å². The van der Waals surface area contributed by atoms with Crippen molar-refractivity contribution < 1.29 is 9.18 Å². The molecular formula is C21H25Cl2FN4O. The molecule has 1 aliphatic heterocycles. The number of hydrogen-bond acceptors (Lipinski definition) is 3. The number of H-pyrrole nitrogens is 1. The lowest BCUT2D eigenvalue weighted by atomic mass is 10.0. The number of aryl methyl sites for hydroxylation is 2. The predicted octanol–water partition coefficient (Wildman–Crippen LogP) is 3.96. The number of aromatic nitrogens is 2. The summed E-state index contributed by atoms with van der Waals surface area (Å²) >= 11 is 0. The molecule has 0 spiro atoms. The smallest absolute Gasteiger partial charge is 0.223 e. The van der Waals surface area contributed by atoms with Crippen molar-refractivity contribution in [1.82, 2.24) is 20.2 Å². The Morgan fingerprint density at radius 1 is 1.24 bits per heavy atom. The van der Waals surface area contributed by atoms with Crippen molar-refractivity contribution in [1.29, 1.82) is 0 Å². The van der Waals surface area contributed by atoms with Crippen LogP contribution in [0.5, 0.6) is 0 Å². The second-order valence-corrected chi connectivity index (χ2v) is 7.02. The van der Waals surface area contributed by atoms with E-state index in [-0.39, 0.29) is 42.6 Å². The molecule has 156 valence electrons. The van der Waals surface area contributed by atoms with E-state index < -0.39 is 0 Å². The zero-order valence-electron chi connectivity index (χ0n) is 16.2. The average Bonchev–Trinajstić information content (AvgIpc) is 3.11. The Bertz CT molecular complexity index is 978. The van der Waals surface area contributed by atoms with Gasteiger partial charge in [0.05, 0.1) is 17.1 Å². The summed E-state index contributed by atoms with van der Waals surface area (Å²) in [5.74, 6) is 0.621. The van der Waals surface area contributed by atoms with Crippen LogP contribution in [0.25, 0.3) is 11.0 Å². The van der Waals surface area contributed by atoms with Gasteiger partial charge in [-0.25, -0.2) is 9.37 Å². The first-order valence-electron chi connectivity index (χ1n) is 9.31. The number of benzene rings is 2. The van der Waals surface area contributed by atoms with Gasteiger partial charge in [0, 0.05) is 32.5 Å². The van der Waals surface area contributed by atoms with Gasteiger partial charge in [-0.05, 0) is 36.2 Å². The lowest BCUT2D eigenvalue weighted by Gasteiger charge is -2.36. The van der Waals surface area contributed by atoms with E-state index in [2.05, 4.69) is 15.3 Å². The molecule has 1 fully saturated rings. The fourth-order valence-electron chi connectivity index (χ4n) is 3.73. The van der Waals surface area contributed by atoms with Crippen LogP contribution in [0.4, 0.5) is 4.39 Å². The van der Waals surface area contributed by atoms with Crippen molar-refractivity contribution in [3.63, 3.8) is 0 Å². The molecule has 5 nitrogen and oxygen atoms in total. The first kappa shape index (κ1) is 23.1. The molecule has 2 N–H and O–H groups in total. The van der Waals surface area contributed by atoms with E-state index in [4.69, 9.17) is 0 Å². The van der Waals surface area contributed by atoms with E-state index in [0.717, 1.165) is 34.5 Å². The minimum atomic E-state index is -0.275. The van der Waals surface area contributed by atoms with E-state index >= 15 is 0 Å². The van der Waals surface area contributed by atoms with Gasteiger partial charge in [-0.15, -0.1) is 24.8 Å². The summed E-state index contributed by atoms with van der Waals surface area (Å²) in [6.07, 6.45) is 0.942. The van der Waals surface area contributed by atoms with Crippen molar-refractivity contribution in [3.8, 4) is 0 Å². The van der Waals surface area contributed by atoms with Crippen molar-refractivity contribution >= 4 is 41.8 Å². The lowest BCUT2D eigenvalue weighted by Crippen LogP contribution is -2.48. The second kappa shape index (κ2) is 10.1. The standard InChI is InChI=1S/C21H23FN4O.2ClH/c1-14-4-2-7-17-21(14)25-19(24-17)8-9-20(27)26-11-10-23-13-18(26)15-5-3-6-16(22)12-15;;/h2-7,12,18,23H,8-11,13H2,1H3,(H,24,25);2*1H. The Morgan fingerprint density at radius 2 is 2.03 bits per heavy atom. The molecule has 3 aromatic rings. The number of aromatic amines is 1. The average molecular weight is 439 g/mol. The van der Waals surface area contributed by atoms with E-state index in [1.54, 1.807) is 6.07 Å². The van der Waals surface area contributed by atoms with Crippen LogP contribution in [0.1, 0.15) is 29.4 Å². The van der Waals surface area contributed by atoms with Gasteiger partial charge < -0.3 is 15.2 Å². The summed E-state index contributed by atoms with van der Waals surface area (Å²) in [5, 5.41) is 3.30. The van der Waals surface area contributed by atoms with Crippen molar-refractivity contribution in [3.05, 3.63) is 65.2 Å². The third-order valence-corrected chi connectivity index (χ3v) is 5.14. The molecule has 0 bridgehead atoms. The highest BCUT2D eigenvalue weighted by molar-refractivity contribution is 5.85. The number of nitrogens with one attached hydrogen (secondary N) is 2. The van der Waals surface area contributed by atoms with E-state index in [9.17, 15) is 9.18 Å². The van der Waals surface area contributed by atoms with Crippen LogP contribution in [-0.2, 0) is 11.2 Å². The van der Waals surface area contributed by atoms with Crippen LogP contribution in [0.2, 0.25) is 0 Å². The van der Waals surface area contributed by atoms with Crippen LogP contribution >= 0.6 is 24.8 Å². The van der Waals surface area contributed by atoms with Gasteiger partial charge in [0.15, 0.2) is 0 Å². The van der Waals surface area contributed by atoms with Crippen LogP contribution in [0.3, 0.4) is 0 Å². The Balaban J connectivity index is 0.00000150. The summed E-state index contributed by atoms with van der Waals surface area (Å²) in [6.45, 7) is 4.04. The number of rotatable bonds is 4. The van der Waals surface area contributed by atoms with Crippen LogP contribution in [0.15, 0.2) is 42.5 Å². The maximum atomic E-state index is 13.6. The summed E-state index contributed by atoms with van der Waals surface area (Å²) in [4.78, 5) is 22.7. The van der Waals surface area contributed by atoms with Crippen LogP contribution in [0, 0.1) is 12.7 Å². The molecule has 0 aliphatic carbocycles. The maximum absolute atomic E-state index is 13.6. The normalized spacial score (nSPS) is 16.2. The summed E-state index contributed by atoms with van der Waals surface area (Å²) in [7, 11) is 0. The quantitative estimate of drug-likeness (QED) is 0.647. The van der Waals surface area contributed by atoms with Gasteiger partial charge in [-0.2, -0.15) is 0 Å². The van der Waals surface area contributed by atoms with Gasteiger partial charge >= 0.3 is 0 Å². The van der Waals surface area contributed by atoms with Gasteiger partial charge in [-0.3, -0.25) is 4.79 Å². The number of para-hydroxylation sites is 1. The van der Waals surface area contributed by atoms with E-state index in [0.29, 0.717) is 25.9 Å². The number of hydrogen-bond donors (Lipinski definition) is 2. The van der Waals surface area contributed by atoms with Crippen molar-refractivity contribution in [2.24, 2.45) is 0 Å². The van der Waals surface area contributed by atoms with Gasteiger partial charge in [0.25, 0.3) is 0 Å². The predicted molar refractivity (Wildman–Crippen MR) is 117 cm³/mol. The molecule has 0 radical (unpaired) electrons. The third-order valence-electron chi connectivity index (χ3n) is 5.14. The Hall–Kier alpha value is -2.15. The molecule has 2 heterocycles. The number of amides is 1. The second-order valence-electron chi connectivity index (χ2n) is 7.02. The molecule has 8 heteroatoms. The van der Waals surface area contributed by atoms with Gasteiger partial charge in [-0.1, -0.05) is 24.3 Å². The molecule has 1 saturated heterocycles.